The second kappa shape index (κ2) is 14.7. The topological polar surface area (TPSA) is 22.9 Å². The van der Waals surface area contributed by atoms with Crippen LogP contribution < -0.4 is 14.7 Å². The average Bonchev–Trinajstić information content (AvgIpc) is 3.86. The largest absolute Gasteiger partial charge is 0.456 e. The van der Waals surface area contributed by atoms with Crippen molar-refractivity contribution < 1.29 is 4.42 Å². The number of furan rings is 1. The number of thiophene rings is 1. The highest BCUT2D eigenvalue weighted by atomic mass is 32.1. The summed E-state index contributed by atoms with van der Waals surface area (Å²) in [6.07, 6.45) is 0. The Balaban J connectivity index is 1.19. The number of rotatable bonds is 9. The van der Waals surface area contributed by atoms with Crippen LogP contribution in [0.5, 0.6) is 0 Å². The first-order valence-electron chi connectivity index (χ1n) is 19.8. The van der Waals surface area contributed by atoms with Gasteiger partial charge in [0.25, 0.3) is 0 Å². The molecule has 2 aromatic heterocycles. The first-order valence-corrected chi connectivity index (χ1v) is 20.7. The van der Waals surface area contributed by atoms with E-state index in [4.69, 9.17) is 4.42 Å². The number of nitrogens with zero attached hydrogens (tertiary/aromatic N) is 3. The van der Waals surface area contributed by atoms with Crippen LogP contribution in [0.2, 0.25) is 0 Å². The fraction of sp³-hybridized carbons (Fsp3) is 0. The summed E-state index contributed by atoms with van der Waals surface area (Å²) >= 11 is 1.83. The molecule has 0 saturated carbocycles. The molecule has 11 aromatic rings. The van der Waals surface area contributed by atoms with E-state index in [0.29, 0.717) is 0 Å². The van der Waals surface area contributed by atoms with Crippen LogP contribution in [-0.4, -0.2) is 0 Å². The maximum Gasteiger partial charge on any atom is 0.137 e. The summed E-state index contributed by atoms with van der Waals surface area (Å²) in [5, 5.41) is 4.62. The van der Waals surface area contributed by atoms with Crippen LogP contribution in [0.4, 0.5) is 51.2 Å². The van der Waals surface area contributed by atoms with Gasteiger partial charge in [-0.15, -0.1) is 11.3 Å². The fourth-order valence-corrected chi connectivity index (χ4v) is 9.50. The van der Waals surface area contributed by atoms with Crippen LogP contribution in [0.15, 0.2) is 229 Å². The van der Waals surface area contributed by atoms with E-state index in [1.54, 1.807) is 0 Å². The van der Waals surface area contributed by atoms with Crippen LogP contribution in [0.1, 0.15) is 0 Å². The van der Waals surface area contributed by atoms with E-state index < -0.39 is 0 Å². The van der Waals surface area contributed by atoms with Crippen LogP contribution in [0.3, 0.4) is 0 Å². The highest BCUT2D eigenvalue weighted by Crippen LogP contribution is 2.50. The summed E-state index contributed by atoms with van der Waals surface area (Å²) in [7, 11) is 0. The standard InChI is InChI=1S/C54H37N3OS/c1-6-18-38(19-7-1)55(39-20-8-2-9-21-39)43-31-33-52-48(34-43)54-49(57(41-24-12-4-13-25-41)42-26-14-5-15-27-42)35-45(37-53(54)59-52)56(40-22-10-3-11-23-40)44-30-32-47-46-28-16-17-29-50(46)58-51(47)36-44/h1-37H. The maximum absolute atomic E-state index is 6.46. The molecule has 0 aliphatic carbocycles. The second-order valence-electron chi connectivity index (χ2n) is 14.6. The monoisotopic (exact) mass is 775 g/mol. The first-order chi connectivity index (χ1) is 29.3. The van der Waals surface area contributed by atoms with Crippen molar-refractivity contribution in [2.45, 2.75) is 0 Å². The Morgan fingerprint density at radius 2 is 0.746 bits per heavy atom. The highest BCUT2D eigenvalue weighted by Gasteiger charge is 2.24. The van der Waals surface area contributed by atoms with E-state index in [1.807, 2.05) is 23.5 Å². The van der Waals surface area contributed by atoms with Crippen molar-refractivity contribution in [3.05, 3.63) is 224 Å². The van der Waals surface area contributed by atoms with Gasteiger partial charge in [0.2, 0.25) is 0 Å². The molecule has 0 fully saturated rings. The molecule has 0 saturated heterocycles. The third-order valence-corrected chi connectivity index (χ3v) is 12.1. The predicted octanol–water partition coefficient (Wildman–Crippen LogP) is 16.4. The lowest BCUT2D eigenvalue weighted by atomic mass is 10.0. The molecule has 0 unspecified atom stereocenters. The van der Waals surface area contributed by atoms with Gasteiger partial charge in [0.05, 0.1) is 5.69 Å². The SMILES string of the molecule is c1ccc(N(c2ccc3c(c2)oc2ccccc23)c2cc(N(c3ccccc3)c3ccccc3)c3c(c2)sc2ccc(N(c4ccccc4)c4ccccc4)cc23)cc1. The number of hydrogen-bond donors (Lipinski definition) is 0. The number of para-hydroxylation sites is 6. The van der Waals surface area contributed by atoms with Gasteiger partial charge in [-0.25, -0.2) is 0 Å². The molecule has 2 heterocycles. The minimum atomic E-state index is 0.858. The van der Waals surface area contributed by atoms with Crippen molar-refractivity contribution >= 4 is 105 Å². The van der Waals surface area contributed by atoms with E-state index in [9.17, 15) is 0 Å². The van der Waals surface area contributed by atoms with Crippen molar-refractivity contribution in [3.8, 4) is 0 Å². The number of fused-ring (bicyclic) bond motifs is 6. The van der Waals surface area contributed by atoms with Crippen LogP contribution in [0, 0.1) is 0 Å². The third-order valence-electron chi connectivity index (χ3n) is 11.0. The first kappa shape index (κ1) is 34.6. The lowest BCUT2D eigenvalue weighted by molar-refractivity contribution is 0.669. The summed E-state index contributed by atoms with van der Waals surface area (Å²) in [6, 6.07) is 79.8. The Bertz CT molecular complexity index is 3140. The summed E-state index contributed by atoms with van der Waals surface area (Å²) in [4.78, 5) is 7.10. The van der Waals surface area contributed by atoms with Gasteiger partial charge in [-0.1, -0.05) is 109 Å². The molecule has 0 bridgehead atoms. The number of benzene rings is 9. The molecule has 0 radical (unpaired) electrons. The zero-order valence-corrected chi connectivity index (χ0v) is 32.8. The molecule has 280 valence electrons. The molecule has 59 heavy (non-hydrogen) atoms. The molecule has 0 amide bonds. The van der Waals surface area contributed by atoms with Gasteiger partial charge in [0, 0.05) is 82.5 Å². The normalized spacial score (nSPS) is 11.4. The quantitative estimate of drug-likeness (QED) is 0.146. The van der Waals surface area contributed by atoms with E-state index in [0.717, 1.165) is 73.1 Å². The number of hydrogen-bond acceptors (Lipinski definition) is 5. The van der Waals surface area contributed by atoms with Gasteiger partial charge in [0.15, 0.2) is 0 Å². The Labute approximate surface area is 346 Å². The van der Waals surface area contributed by atoms with Gasteiger partial charge in [0.1, 0.15) is 11.2 Å². The van der Waals surface area contributed by atoms with Crippen molar-refractivity contribution in [2.75, 3.05) is 14.7 Å². The molecule has 0 aliphatic heterocycles. The Kier molecular flexibility index (Phi) is 8.64. The van der Waals surface area contributed by atoms with Crippen LogP contribution in [0.25, 0.3) is 42.1 Å². The fourth-order valence-electron chi connectivity index (χ4n) is 8.36. The highest BCUT2D eigenvalue weighted by molar-refractivity contribution is 7.26. The van der Waals surface area contributed by atoms with E-state index in [1.165, 1.54) is 20.2 Å². The van der Waals surface area contributed by atoms with E-state index >= 15 is 0 Å². The molecule has 0 atom stereocenters. The second-order valence-corrected chi connectivity index (χ2v) is 15.7. The molecule has 0 spiro atoms. The van der Waals surface area contributed by atoms with Gasteiger partial charge < -0.3 is 19.1 Å². The summed E-state index contributed by atoms with van der Waals surface area (Å²) < 4.78 is 8.87. The van der Waals surface area contributed by atoms with Gasteiger partial charge in [-0.2, -0.15) is 0 Å². The molecular weight excluding hydrogens is 739 g/mol. The van der Waals surface area contributed by atoms with Gasteiger partial charge in [-0.05, 0) is 109 Å². The summed E-state index contributed by atoms with van der Waals surface area (Å²) in [5.74, 6) is 0. The lowest BCUT2D eigenvalue weighted by Gasteiger charge is -2.30. The number of anilines is 9. The van der Waals surface area contributed by atoms with Crippen LogP contribution in [-0.2, 0) is 0 Å². The molecule has 0 N–H and O–H groups in total. The summed E-state index contributed by atoms with van der Waals surface area (Å²) in [5.41, 5.74) is 11.4. The van der Waals surface area contributed by atoms with Gasteiger partial charge >= 0.3 is 0 Å². The lowest BCUT2D eigenvalue weighted by Crippen LogP contribution is -2.13. The average molecular weight is 776 g/mol. The van der Waals surface area contributed by atoms with Gasteiger partial charge in [-0.3, -0.25) is 0 Å². The van der Waals surface area contributed by atoms with Crippen molar-refractivity contribution in [1.29, 1.82) is 0 Å². The Morgan fingerprint density at radius 3 is 1.32 bits per heavy atom. The smallest absolute Gasteiger partial charge is 0.137 e. The third kappa shape index (κ3) is 6.25. The maximum atomic E-state index is 6.46. The van der Waals surface area contributed by atoms with E-state index in [2.05, 4.69) is 227 Å². The zero-order valence-electron chi connectivity index (χ0n) is 32.0. The predicted molar refractivity (Wildman–Crippen MR) is 251 cm³/mol. The minimum Gasteiger partial charge on any atom is -0.456 e. The molecule has 9 aromatic carbocycles. The van der Waals surface area contributed by atoms with Crippen LogP contribution >= 0.6 is 11.3 Å². The molecule has 0 aliphatic rings. The molecular formula is C54H37N3OS. The van der Waals surface area contributed by atoms with Crippen molar-refractivity contribution in [1.82, 2.24) is 0 Å². The minimum absolute atomic E-state index is 0.858. The molecule has 11 rings (SSSR count). The van der Waals surface area contributed by atoms with E-state index in [-0.39, 0.29) is 0 Å². The van der Waals surface area contributed by atoms with Crippen molar-refractivity contribution in [3.63, 3.8) is 0 Å². The Hall–Kier alpha value is -7.60. The zero-order chi connectivity index (χ0) is 39.1. The Morgan fingerprint density at radius 1 is 0.288 bits per heavy atom. The summed E-state index contributed by atoms with van der Waals surface area (Å²) in [6.45, 7) is 0. The molecule has 5 heteroatoms. The molecule has 4 nitrogen and oxygen atoms in total. The van der Waals surface area contributed by atoms with Crippen molar-refractivity contribution in [2.24, 2.45) is 0 Å².